The van der Waals surface area contributed by atoms with E-state index in [1.165, 1.54) is 6.42 Å². The molecule has 0 radical (unpaired) electrons. The van der Waals surface area contributed by atoms with Crippen molar-refractivity contribution in [2.75, 3.05) is 4.90 Å². The molecule has 2 aromatic carbocycles. The summed E-state index contributed by atoms with van der Waals surface area (Å²) in [7, 11) is 0. The van der Waals surface area contributed by atoms with Gasteiger partial charge in [-0.1, -0.05) is 72.4 Å². The van der Waals surface area contributed by atoms with Crippen LogP contribution >= 0.6 is 0 Å². The number of anilines is 1. The topological polar surface area (TPSA) is 75.4 Å². The highest BCUT2D eigenvalue weighted by atomic mass is 16.5. The second-order valence-electron chi connectivity index (χ2n) is 8.87. The van der Waals surface area contributed by atoms with E-state index in [1.54, 1.807) is 18.7 Å². The summed E-state index contributed by atoms with van der Waals surface area (Å²) in [4.78, 5) is 29.4. The molecular formula is C27H31N3O3. The van der Waals surface area contributed by atoms with Crippen LogP contribution in [0, 0.1) is 20.8 Å². The van der Waals surface area contributed by atoms with Crippen LogP contribution in [0.15, 0.2) is 59.1 Å². The molecule has 6 heteroatoms. The van der Waals surface area contributed by atoms with Gasteiger partial charge in [0.25, 0.3) is 5.91 Å². The molecule has 1 unspecified atom stereocenters. The van der Waals surface area contributed by atoms with Gasteiger partial charge >= 0.3 is 0 Å². The Morgan fingerprint density at radius 2 is 1.64 bits per heavy atom. The summed E-state index contributed by atoms with van der Waals surface area (Å²) in [6.07, 6.45) is 5.36. The normalized spacial score (nSPS) is 15.1. The Kier molecular flexibility index (Phi) is 6.92. The van der Waals surface area contributed by atoms with E-state index in [-0.39, 0.29) is 17.9 Å². The number of nitrogens with one attached hydrogen (secondary N) is 1. The van der Waals surface area contributed by atoms with Crippen molar-refractivity contribution >= 4 is 17.5 Å². The molecule has 4 rings (SSSR count). The third-order valence-corrected chi connectivity index (χ3v) is 6.35. The smallest absolute Gasteiger partial charge is 0.264 e. The maximum absolute atomic E-state index is 14.0. The summed E-state index contributed by atoms with van der Waals surface area (Å²) in [5.41, 5.74) is 3.38. The zero-order valence-electron chi connectivity index (χ0n) is 19.5. The zero-order chi connectivity index (χ0) is 23.4. The average molecular weight is 446 g/mol. The van der Waals surface area contributed by atoms with E-state index < -0.39 is 6.04 Å². The Morgan fingerprint density at radius 3 is 2.24 bits per heavy atom. The fraction of sp³-hybridized carbons (Fsp3) is 0.370. The van der Waals surface area contributed by atoms with Crippen LogP contribution in [0.1, 0.15) is 71.1 Å². The Bertz CT molecular complexity index is 1080. The van der Waals surface area contributed by atoms with Gasteiger partial charge in [-0.25, -0.2) is 0 Å². The Morgan fingerprint density at radius 1 is 0.970 bits per heavy atom. The van der Waals surface area contributed by atoms with Gasteiger partial charge in [0.15, 0.2) is 0 Å². The minimum absolute atomic E-state index is 0.131. The van der Waals surface area contributed by atoms with E-state index in [1.807, 2.05) is 61.5 Å². The van der Waals surface area contributed by atoms with Crippen molar-refractivity contribution in [2.24, 2.45) is 0 Å². The first-order valence-electron chi connectivity index (χ1n) is 11.6. The minimum Gasteiger partial charge on any atom is -0.361 e. The lowest BCUT2D eigenvalue weighted by molar-refractivity contribution is -0.123. The van der Waals surface area contributed by atoms with Gasteiger partial charge in [-0.3, -0.25) is 14.5 Å². The third-order valence-electron chi connectivity index (χ3n) is 6.35. The van der Waals surface area contributed by atoms with Crippen molar-refractivity contribution in [2.45, 2.75) is 65.0 Å². The summed E-state index contributed by atoms with van der Waals surface area (Å²) in [5.74, 6) is -0.0364. The van der Waals surface area contributed by atoms with E-state index in [4.69, 9.17) is 4.52 Å². The molecule has 1 atom stereocenters. The van der Waals surface area contributed by atoms with Crippen LogP contribution in [0.5, 0.6) is 0 Å². The van der Waals surface area contributed by atoms with Gasteiger partial charge < -0.3 is 9.84 Å². The highest BCUT2D eigenvalue weighted by molar-refractivity contribution is 6.11. The first kappa shape index (κ1) is 22.8. The summed E-state index contributed by atoms with van der Waals surface area (Å²) in [5, 5.41) is 7.21. The molecule has 1 aliphatic rings. The Labute approximate surface area is 195 Å². The lowest BCUT2D eigenvalue weighted by Crippen LogP contribution is -2.47. The second-order valence-corrected chi connectivity index (χ2v) is 8.87. The standard InChI is InChI=1S/C27H31N3O3/c1-18-14-16-23(17-15-18)30(27(32)24-19(2)29-33-20(24)3)25(21-10-6-4-7-11-21)26(31)28-22-12-8-5-9-13-22/h4,6-7,10-11,14-17,22,25H,5,8-9,12-13H2,1-3H3,(H,28,31). The number of nitrogens with zero attached hydrogens (tertiary/aromatic N) is 2. The first-order valence-corrected chi connectivity index (χ1v) is 11.6. The number of hydrogen-bond donors (Lipinski definition) is 1. The molecule has 2 amide bonds. The molecule has 33 heavy (non-hydrogen) atoms. The Hall–Kier alpha value is -3.41. The van der Waals surface area contributed by atoms with Crippen molar-refractivity contribution in [3.63, 3.8) is 0 Å². The number of hydrogen-bond acceptors (Lipinski definition) is 4. The molecule has 6 nitrogen and oxygen atoms in total. The highest BCUT2D eigenvalue weighted by Gasteiger charge is 2.36. The number of rotatable bonds is 6. The number of benzene rings is 2. The zero-order valence-corrected chi connectivity index (χ0v) is 19.5. The maximum atomic E-state index is 14.0. The molecule has 1 N–H and O–H groups in total. The molecule has 1 aromatic heterocycles. The molecule has 3 aromatic rings. The van der Waals surface area contributed by atoms with Crippen LogP contribution in [0.25, 0.3) is 0 Å². The molecule has 0 aliphatic heterocycles. The molecule has 1 heterocycles. The van der Waals surface area contributed by atoms with E-state index in [9.17, 15) is 9.59 Å². The number of amides is 2. The van der Waals surface area contributed by atoms with Crippen LogP contribution in [0.2, 0.25) is 0 Å². The molecule has 1 aliphatic carbocycles. The number of carbonyl (C=O) groups excluding carboxylic acids is 2. The monoisotopic (exact) mass is 445 g/mol. The third kappa shape index (κ3) is 5.00. The van der Waals surface area contributed by atoms with E-state index in [2.05, 4.69) is 10.5 Å². The molecule has 0 saturated heterocycles. The predicted molar refractivity (Wildman–Crippen MR) is 128 cm³/mol. The van der Waals surface area contributed by atoms with Gasteiger partial charge in [-0.05, 0) is 51.3 Å². The van der Waals surface area contributed by atoms with Gasteiger partial charge in [0, 0.05) is 11.7 Å². The van der Waals surface area contributed by atoms with Crippen LogP contribution in [0.3, 0.4) is 0 Å². The van der Waals surface area contributed by atoms with Gasteiger partial charge in [-0.2, -0.15) is 0 Å². The first-order chi connectivity index (χ1) is 16.0. The molecule has 1 fully saturated rings. The second kappa shape index (κ2) is 10.0. The molecule has 0 spiro atoms. The SMILES string of the molecule is Cc1ccc(N(C(=O)c2c(C)noc2C)C(C(=O)NC2CCCCC2)c2ccccc2)cc1. The van der Waals surface area contributed by atoms with Crippen molar-refractivity contribution < 1.29 is 14.1 Å². The fourth-order valence-corrected chi connectivity index (χ4v) is 4.58. The van der Waals surface area contributed by atoms with Gasteiger partial charge in [-0.15, -0.1) is 0 Å². The summed E-state index contributed by atoms with van der Waals surface area (Å²) in [6, 6.07) is 16.5. The van der Waals surface area contributed by atoms with Crippen molar-refractivity contribution in [1.82, 2.24) is 10.5 Å². The molecule has 0 bridgehead atoms. The van der Waals surface area contributed by atoms with Crippen LogP contribution < -0.4 is 10.2 Å². The average Bonchev–Trinajstić information content (AvgIpc) is 3.16. The van der Waals surface area contributed by atoms with Crippen molar-refractivity contribution in [1.29, 1.82) is 0 Å². The number of aromatic nitrogens is 1. The maximum Gasteiger partial charge on any atom is 0.264 e. The lowest BCUT2D eigenvalue weighted by atomic mass is 9.94. The van der Waals surface area contributed by atoms with Gasteiger partial charge in [0.1, 0.15) is 17.4 Å². The van der Waals surface area contributed by atoms with Crippen LogP contribution in [-0.2, 0) is 4.79 Å². The summed E-state index contributed by atoms with van der Waals surface area (Å²) < 4.78 is 5.29. The highest BCUT2D eigenvalue weighted by Crippen LogP contribution is 2.32. The molecule has 1 saturated carbocycles. The van der Waals surface area contributed by atoms with Crippen molar-refractivity contribution in [3.8, 4) is 0 Å². The van der Waals surface area contributed by atoms with Gasteiger partial charge in [0.05, 0.1) is 5.69 Å². The fourth-order valence-electron chi connectivity index (χ4n) is 4.58. The quantitative estimate of drug-likeness (QED) is 0.548. The summed E-state index contributed by atoms with van der Waals surface area (Å²) >= 11 is 0. The largest absolute Gasteiger partial charge is 0.361 e. The molecular weight excluding hydrogens is 414 g/mol. The van der Waals surface area contributed by atoms with Crippen LogP contribution in [0.4, 0.5) is 5.69 Å². The van der Waals surface area contributed by atoms with E-state index >= 15 is 0 Å². The number of aryl methyl sites for hydroxylation is 3. The van der Waals surface area contributed by atoms with E-state index in [0.717, 1.165) is 36.8 Å². The Balaban J connectivity index is 1.81. The van der Waals surface area contributed by atoms with Crippen LogP contribution in [-0.4, -0.2) is 23.0 Å². The summed E-state index contributed by atoms with van der Waals surface area (Å²) in [6.45, 7) is 5.46. The predicted octanol–water partition coefficient (Wildman–Crippen LogP) is 5.44. The minimum atomic E-state index is -0.822. The molecule has 172 valence electrons. The number of carbonyl (C=O) groups is 2. The van der Waals surface area contributed by atoms with Gasteiger partial charge in [0.2, 0.25) is 5.91 Å². The van der Waals surface area contributed by atoms with Crippen molar-refractivity contribution in [3.05, 3.63) is 82.7 Å². The van der Waals surface area contributed by atoms with E-state index in [0.29, 0.717) is 22.7 Å². The lowest BCUT2D eigenvalue weighted by Gasteiger charge is -2.33.